The summed E-state index contributed by atoms with van der Waals surface area (Å²) < 4.78 is 5.42. The molecule has 0 saturated heterocycles. The second-order valence-corrected chi connectivity index (χ2v) is 3.06. The third-order valence-corrected chi connectivity index (χ3v) is 1.70. The molecule has 16 heavy (non-hydrogen) atoms. The summed E-state index contributed by atoms with van der Waals surface area (Å²) in [5.74, 6) is 0.497. The lowest BCUT2D eigenvalue weighted by molar-refractivity contribution is -0.118. The van der Waals surface area contributed by atoms with Gasteiger partial charge in [0.25, 0.3) is 0 Å². The number of amides is 1. The van der Waals surface area contributed by atoms with Crippen LogP contribution in [0.3, 0.4) is 0 Å². The van der Waals surface area contributed by atoms with E-state index in [2.05, 4.69) is 17.1 Å². The van der Waals surface area contributed by atoms with Gasteiger partial charge in [0.2, 0.25) is 5.91 Å². The maximum absolute atomic E-state index is 10.6. The molecule has 0 radical (unpaired) electrons. The molecule has 4 nitrogen and oxygen atoms in total. The van der Waals surface area contributed by atoms with E-state index in [1.807, 2.05) is 24.3 Å². The second kappa shape index (κ2) is 6.40. The number of para-hydroxylation sites is 1. The molecule has 1 aromatic rings. The molecule has 1 amide bonds. The van der Waals surface area contributed by atoms with Gasteiger partial charge in [-0.15, -0.1) is 0 Å². The Morgan fingerprint density at radius 1 is 1.56 bits per heavy atom. The maximum atomic E-state index is 10.6. The van der Waals surface area contributed by atoms with E-state index in [9.17, 15) is 4.79 Å². The van der Waals surface area contributed by atoms with E-state index < -0.39 is 0 Å². The Kier molecular flexibility index (Phi) is 4.79. The molecule has 0 atom stereocenters. The Bertz CT molecular complexity index is 400. The monoisotopic (exact) mass is 218 g/mol. The Morgan fingerprint density at radius 3 is 3.00 bits per heavy atom. The van der Waals surface area contributed by atoms with Crippen molar-refractivity contribution in [2.45, 2.75) is 6.92 Å². The zero-order chi connectivity index (χ0) is 11.8. The molecular formula is C12H14N2O2. The molecule has 0 unspecified atom stereocenters. The molecule has 0 fully saturated rings. The molecule has 0 spiro atoms. The van der Waals surface area contributed by atoms with Crippen molar-refractivity contribution in [2.24, 2.45) is 5.10 Å². The minimum Gasteiger partial charge on any atom is -0.489 e. The van der Waals surface area contributed by atoms with Crippen molar-refractivity contribution in [2.75, 3.05) is 6.61 Å². The molecule has 84 valence electrons. The lowest BCUT2D eigenvalue weighted by Crippen LogP contribution is -2.12. The lowest BCUT2D eigenvalue weighted by atomic mass is 10.2. The second-order valence-electron chi connectivity index (χ2n) is 3.06. The van der Waals surface area contributed by atoms with Gasteiger partial charge in [0.15, 0.2) is 0 Å². The van der Waals surface area contributed by atoms with Gasteiger partial charge in [-0.05, 0) is 12.1 Å². The number of rotatable bonds is 5. The average Bonchev–Trinajstić information content (AvgIpc) is 2.27. The Balaban J connectivity index is 2.73. The van der Waals surface area contributed by atoms with Crippen molar-refractivity contribution in [3.63, 3.8) is 0 Å². The van der Waals surface area contributed by atoms with Crippen LogP contribution in [0.25, 0.3) is 0 Å². The van der Waals surface area contributed by atoms with Crippen molar-refractivity contribution >= 4 is 12.1 Å². The zero-order valence-corrected chi connectivity index (χ0v) is 9.14. The molecular weight excluding hydrogens is 204 g/mol. The van der Waals surface area contributed by atoms with E-state index in [4.69, 9.17) is 4.74 Å². The van der Waals surface area contributed by atoms with Gasteiger partial charge in [0, 0.05) is 12.5 Å². The number of carbonyl (C=O) groups excluding carboxylic acids is 1. The number of nitrogens with zero attached hydrogens (tertiary/aromatic N) is 1. The van der Waals surface area contributed by atoms with Crippen LogP contribution in [0, 0.1) is 0 Å². The smallest absolute Gasteiger partial charge is 0.236 e. The average molecular weight is 218 g/mol. The van der Waals surface area contributed by atoms with Crippen LogP contribution in [0.5, 0.6) is 5.75 Å². The first-order chi connectivity index (χ1) is 7.74. The zero-order valence-electron chi connectivity index (χ0n) is 9.14. The van der Waals surface area contributed by atoms with E-state index in [0.29, 0.717) is 12.4 Å². The van der Waals surface area contributed by atoms with Crippen LogP contribution in [0.15, 0.2) is 42.0 Å². The van der Waals surface area contributed by atoms with Crippen molar-refractivity contribution < 1.29 is 9.53 Å². The Hall–Kier alpha value is -2.10. The first kappa shape index (κ1) is 12.0. The Labute approximate surface area is 94.6 Å². The van der Waals surface area contributed by atoms with Crippen molar-refractivity contribution in [1.29, 1.82) is 0 Å². The number of benzene rings is 1. The number of carbonyl (C=O) groups is 1. The fourth-order valence-corrected chi connectivity index (χ4v) is 1.06. The van der Waals surface area contributed by atoms with Crippen LogP contribution in [0.2, 0.25) is 0 Å². The van der Waals surface area contributed by atoms with Crippen LogP contribution < -0.4 is 10.2 Å². The molecule has 0 aliphatic carbocycles. The van der Waals surface area contributed by atoms with Gasteiger partial charge in [-0.3, -0.25) is 4.79 Å². The van der Waals surface area contributed by atoms with E-state index in [1.165, 1.54) is 6.92 Å². The predicted octanol–water partition coefficient (Wildman–Crippen LogP) is 1.72. The molecule has 0 aliphatic rings. The normalized spacial score (nSPS) is 10.1. The first-order valence-electron chi connectivity index (χ1n) is 4.86. The van der Waals surface area contributed by atoms with Crippen molar-refractivity contribution in [1.82, 2.24) is 5.43 Å². The molecule has 0 aromatic heterocycles. The number of hydrogen-bond donors (Lipinski definition) is 1. The molecule has 0 saturated carbocycles. The summed E-state index contributed by atoms with van der Waals surface area (Å²) in [6.45, 7) is 5.41. The van der Waals surface area contributed by atoms with Gasteiger partial charge in [-0.2, -0.15) is 5.10 Å². The molecule has 4 heteroatoms. The summed E-state index contributed by atoms with van der Waals surface area (Å²) in [6, 6.07) is 7.42. The molecule has 1 aromatic carbocycles. The largest absolute Gasteiger partial charge is 0.489 e. The number of hydrazone groups is 1. The van der Waals surface area contributed by atoms with E-state index in [1.54, 1.807) is 12.3 Å². The summed E-state index contributed by atoms with van der Waals surface area (Å²) in [7, 11) is 0. The highest BCUT2D eigenvalue weighted by atomic mass is 16.5. The van der Waals surface area contributed by atoms with Crippen LogP contribution >= 0.6 is 0 Å². The van der Waals surface area contributed by atoms with Crippen LogP contribution in [0.4, 0.5) is 0 Å². The van der Waals surface area contributed by atoms with Gasteiger partial charge < -0.3 is 4.74 Å². The minimum atomic E-state index is -0.208. The van der Waals surface area contributed by atoms with Crippen molar-refractivity contribution in [3.8, 4) is 5.75 Å². The lowest BCUT2D eigenvalue weighted by Gasteiger charge is -2.05. The van der Waals surface area contributed by atoms with Gasteiger partial charge in [0.05, 0.1) is 6.21 Å². The third kappa shape index (κ3) is 3.96. The number of hydrogen-bond acceptors (Lipinski definition) is 3. The first-order valence-corrected chi connectivity index (χ1v) is 4.86. The summed E-state index contributed by atoms with van der Waals surface area (Å²) >= 11 is 0. The van der Waals surface area contributed by atoms with E-state index in [-0.39, 0.29) is 5.91 Å². The number of ether oxygens (including phenoxy) is 1. The standard InChI is InChI=1S/C12H14N2O2/c1-3-8-16-12-7-5-4-6-11(12)9-13-14-10(2)15/h3-7,9H,1,8H2,2H3,(H,14,15)/b13-9-. The fourth-order valence-electron chi connectivity index (χ4n) is 1.06. The predicted molar refractivity (Wildman–Crippen MR) is 63.5 cm³/mol. The summed E-state index contributed by atoms with van der Waals surface area (Å²) in [6.07, 6.45) is 3.21. The molecule has 0 heterocycles. The topological polar surface area (TPSA) is 50.7 Å². The van der Waals surface area contributed by atoms with E-state index >= 15 is 0 Å². The quantitative estimate of drug-likeness (QED) is 0.465. The summed E-state index contributed by atoms with van der Waals surface area (Å²) in [4.78, 5) is 10.6. The maximum Gasteiger partial charge on any atom is 0.236 e. The van der Waals surface area contributed by atoms with Gasteiger partial charge in [-0.25, -0.2) is 5.43 Å². The van der Waals surface area contributed by atoms with Crippen LogP contribution in [-0.2, 0) is 4.79 Å². The van der Waals surface area contributed by atoms with Gasteiger partial charge >= 0.3 is 0 Å². The molecule has 1 rings (SSSR count). The Morgan fingerprint density at radius 2 is 2.31 bits per heavy atom. The van der Waals surface area contributed by atoms with Crippen molar-refractivity contribution in [3.05, 3.63) is 42.5 Å². The minimum absolute atomic E-state index is 0.208. The highest BCUT2D eigenvalue weighted by molar-refractivity contribution is 5.84. The number of nitrogens with one attached hydrogen (secondary N) is 1. The molecule has 0 bridgehead atoms. The fraction of sp³-hybridized carbons (Fsp3) is 0.167. The summed E-state index contributed by atoms with van der Waals surface area (Å²) in [5.41, 5.74) is 3.14. The van der Waals surface area contributed by atoms with Crippen LogP contribution in [0.1, 0.15) is 12.5 Å². The van der Waals surface area contributed by atoms with E-state index in [0.717, 1.165) is 5.56 Å². The third-order valence-electron chi connectivity index (χ3n) is 1.70. The van der Waals surface area contributed by atoms with Gasteiger partial charge in [-0.1, -0.05) is 24.8 Å². The highest BCUT2D eigenvalue weighted by Crippen LogP contribution is 2.15. The SMILES string of the molecule is C=CCOc1ccccc1/C=N\NC(C)=O. The highest BCUT2D eigenvalue weighted by Gasteiger charge is 1.98. The summed E-state index contributed by atoms with van der Waals surface area (Å²) in [5, 5.41) is 3.78. The van der Waals surface area contributed by atoms with Gasteiger partial charge in [0.1, 0.15) is 12.4 Å². The molecule has 1 N–H and O–H groups in total. The van der Waals surface area contributed by atoms with Crippen LogP contribution in [-0.4, -0.2) is 18.7 Å². The molecule has 0 aliphatic heterocycles.